The van der Waals surface area contributed by atoms with Crippen molar-refractivity contribution in [3.8, 4) is 11.5 Å². The molecule has 0 aliphatic carbocycles. The van der Waals surface area contributed by atoms with Crippen molar-refractivity contribution < 1.29 is 18.9 Å². The third-order valence-electron chi connectivity index (χ3n) is 4.80. The minimum Gasteiger partial charge on any atom is -0.493 e. The molecular formula is C23H39NO4. The first-order chi connectivity index (χ1) is 13.5. The molecule has 0 bridgehead atoms. The van der Waals surface area contributed by atoms with E-state index in [1.165, 1.54) is 5.56 Å². The summed E-state index contributed by atoms with van der Waals surface area (Å²) >= 11 is 0. The summed E-state index contributed by atoms with van der Waals surface area (Å²) in [6, 6.07) is 6.32. The molecular weight excluding hydrogens is 354 g/mol. The van der Waals surface area contributed by atoms with Crippen LogP contribution in [0, 0.1) is 5.41 Å². The Morgan fingerprint density at radius 2 is 1.89 bits per heavy atom. The van der Waals surface area contributed by atoms with Crippen molar-refractivity contribution in [3.63, 3.8) is 0 Å². The van der Waals surface area contributed by atoms with Crippen molar-refractivity contribution in [2.24, 2.45) is 5.41 Å². The van der Waals surface area contributed by atoms with Gasteiger partial charge in [0.25, 0.3) is 0 Å². The predicted octanol–water partition coefficient (Wildman–Crippen LogP) is 4.60. The van der Waals surface area contributed by atoms with Gasteiger partial charge in [0.15, 0.2) is 11.5 Å². The van der Waals surface area contributed by atoms with E-state index in [2.05, 4.69) is 44.8 Å². The Balaban J connectivity index is 2.83. The van der Waals surface area contributed by atoms with Crippen LogP contribution in [0.15, 0.2) is 31.0 Å². The van der Waals surface area contributed by atoms with E-state index in [0.717, 1.165) is 43.8 Å². The maximum atomic E-state index is 5.92. The van der Waals surface area contributed by atoms with E-state index in [1.807, 2.05) is 6.07 Å². The second kappa shape index (κ2) is 13.5. The average Bonchev–Trinajstić information content (AvgIpc) is 2.68. The molecule has 1 atom stereocenters. The molecule has 5 heteroatoms. The number of unbranched alkanes of at least 4 members (excludes halogenated alkanes) is 1. The Bertz CT molecular complexity index is 560. The first-order valence-electron chi connectivity index (χ1n) is 10.2. The zero-order chi connectivity index (χ0) is 20.8. The van der Waals surface area contributed by atoms with Crippen LogP contribution >= 0.6 is 0 Å². The fraction of sp³-hybridized carbons (Fsp3) is 0.652. The summed E-state index contributed by atoms with van der Waals surface area (Å²) in [5.74, 6) is 1.52. The Morgan fingerprint density at radius 1 is 1.11 bits per heavy atom. The van der Waals surface area contributed by atoms with Gasteiger partial charge in [-0.2, -0.15) is 0 Å². The van der Waals surface area contributed by atoms with Crippen LogP contribution in [-0.2, 0) is 15.9 Å². The van der Waals surface area contributed by atoms with Gasteiger partial charge in [-0.15, -0.1) is 0 Å². The maximum absolute atomic E-state index is 5.92. The molecule has 160 valence electrons. The first-order valence-corrected chi connectivity index (χ1v) is 10.2. The van der Waals surface area contributed by atoms with Crippen LogP contribution in [0.3, 0.4) is 0 Å². The monoisotopic (exact) mass is 393 g/mol. The van der Waals surface area contributed by atoms with E-state index in [4.69, 9.17) is 18.9 Å². The number of hydrogen-bond acceptors (Lipinski definition) is 5. The molecule has 0 radical (unpaired) electrons. The number of benzene rings is 1. The first kappa shape index (κ1) is 24.3. The second-order valence-corrected chi connectivity index (χ2v) is 7.70. The van der Waals surface area contributed by atoms with Gasteiger partial charge >= 0.3 is 0 Å². The molecule has 0 amide bonds. The number of rotatable bonds is 16. The van der Waals surface area contributed by atoms with Crippen LogP contribution in [0.5, 0.6) is 11.5 Å². The maximum Gasteiger partial charge on any atom is 0.161 e. The zero-order valence-electron chi connectivity index (χ0n) is 18.4. The third-order valence-corrected chi connectivity index (χ3v) is 4.80. The van der Waals surface area contributed by atoms with Gasteiger partial charge in [0.1, 0.15) is 0 Å². The van der Waals surface area contributed by atoms with Crippen molar-refractivity contribution in [3.05, 3.63) is 36.5 Å². The number of nitrogens with one attached hydrogen (secondary N) is 1. The summed E-state index contributed by atoms with van der Waals surface area (Å²) in [5.41, 5.74) is 1.14. The third kappa shape index (κ3) is 8.53. The molecule has 1 aromatic rings. The summed E-state index contributed by atoms with van der Waals surface area (Å²) < 4.78 is 22.4. The van der Waals surface area contributed by atoms with Crippen LogP contribution in [0.4, 0.5) is 0 Å². The van der Waals surface area contributed by atoms with Crippen LogP contribution < -0.4 is 14.8 Å². The highest BCUT2D eigenvalue weighted by molar-refractivity contribution is 5.43. The Hall–Kier alpha value is -1.72. The molecule has 1 unspecified atom stereocenters. The highest BCUT2D eigenvalue weighted by Crippen LogP contribution is 2.31. The Morgan fingerprint density at radius 3 is 2.54 bits per heavy atom. The standard InChI is InChI=1S/C23H39NO4/c1-7-9-14-27-18-23(3,4)22(24-8-2)17-19-11-12-20(26-6)21(16-19)28-15-10-13-25-5/h8,11-12,16,22,24H,2,7,9-10,13-15,17-18H2,1,3-6H3. The molecule has 0 saturated carbocycles. The molecule has 0 aromatic heterocycles. The van der Waals surface area contributed by atoms with Crippen molar-refractivity contribution in [2.75, 3.05) is 40.6 Å². The predicted molar refractivity (Wildman–Crippen MR) is 115 cm³/mol. The van der Waals surface area contributed by atoms with Gasteiger partial charge in [0.05, 0.1) is 20.3 Å². The summed E-state index contributed by atoms with van der Waals surface area (Å²) in [6.45, 7) is 13.3. The summed E-state index contributed by atoms with van der Waals surface area (Å²) in [7, 11) is 3.36. The van der Waals surface area contributed by atoms with E-state index in [1.54, 1.807) is 20.4 Å². The molecule has 1 rings (SSSR count). The molecule has 0 fully saturated rings. The Kier molecular flexibility index (Phi) is 11.7. The van der Waals surface area contributed by atoms with Gasteiger partial charge in [-0.1, -0.05) is 39.8 Å². The van der Waals surface area contributed by atoms with Crippen LogP contribution in [0.25, 0.3) is 0 Å². The molecule has 0 saturated heterocycles. The van der Waals surface area contributed by atoms with E-state index < -0.39 is 0 Å². The number of methoxy groups -OCH3 is 2. The second-order valence-electron chi connectivity index (χ2n) is 7.70. The molecule has 0 aliphatic heterocycles. The van der Waals surface area contributed by atoms with Gasteiger partial charge in [0, 0.05) is 38.2 Å². The van der Waals surface area contributed by atoms with Gasteiger partial charge in [-0.25, -0.2) is 0 Å². The number of hydrogen-bond donors (Lipinski definition) is 1. The minimum absolute atomic E-state index is 0.0403. The molecule has 5 nitrogen and oxygen atoms in total. The Labute approximate surface area is 171 Å². The lowest BCUT2D eigenvalue weighted by atomic mass is 9.81. The van der Waals surface area contributed by atoms with E-state index >= 15 is 0 Å². The highest BCUT2D eigenvalue weighted by atomic mass is 16.5. The van der Waals surface area contributed by atoms with Gasteiger partial charge in [0.2, 0.25) is 0 Å². The molecule has 0 heterocycles. The molecule has 28 heavy (non-hydrogen) atoms. The van der Waals surface area contributed by atoms with Gasteiger partial charge in [-0.3, -0.25) is 0 Å². The van der Waals surface area contributed by atoms with Crippen LogP contribution in [0.2, 0.25) is 0 Å². The van der Waals surface area contributed by atoms with Gasteiger partial charge in [-0.05, 0) is 36.7 Å². The van der Waals surface area contributed by atoms with Gasteiger partial charge < -0.3 is 24.3 Å². The summed E-state index contributed by atoms with van der Waals surface area (Å²) in [4.78, 5) is 0. The van der Waals surface area contributed by atoms with Crippen molar-refractivity contribution >= 4 is 0 Å². The largest absolute Gasteiger partial charge is 0.493 e. The molecule has 1 aromatic carbocycles. The minimum atomic E-state index is -0.0403. The highest BCUT2D eigenvalue weighted by Gasteiger charge is 2.29. The van der Waals surface area contributed by atoms with E-state index in [-0.39, 0.29) is 11.5 Å². The van der Waals surface area contributed by atoms with Crippen molar-refractivity contribution in [1.29, 1.82) is 0 Å². The van der Waals surface area contributed by atoms with E-state index in [0.29, 0.717) is 19.8 Å². The van der Waals surface area contributed by atoms with Crippen molar-refractivity contribution in [2.45, 2.75) is 52.5 Å². The van der Waals surface area contributed by atoms with Crippen LogP contribution in [0.1, 0.15) is 45.6 Å². The smallest absolute Gasteiger partial charge is 0.161 e. The zero-order valence-corrected chi connectivity index (χ0v) is 18.4. The quantitative estimate of drug-likeness (QED) is 0.416. The fourth-order valence-electron chi connectivity index (χ4n) is 2.97. The molecule has 0 aliphatic rings. The van der Waals surface area contributed by atoms with E-state index in [9.17, 15) is 0 Å². The summed E-state index contributed by atoms with van der Waals surface area (Å²) in [5, 5.41) is 3.42. The lowest BCUT2D eigenvalue weighted by molar-refractivity contribution is 0.0419. The molecule has 0 spiro atoms. The normalized spacial score (nSPS) is 12.5. The lowest BCUT2D eigenvalue weighted by Crippen LogP contribution is -2.44. The SMILES string of the molecule is C=CNC(Cc1ccc(OC)c(OCCCOC)c1)C(C)(C)COCCCC. The number of ether oxygens (including phenoxy) is 4. The average molecular weight is 394 g/mol. The molecule has 1 N–H and O–H groups in total. The topological polar surface area (TPSA) is 49.0 Å². The van der Waals surface area contributed by atoms with Crippen molar-refractivity contribution in [1.82, 2.24) is 5.32 Å². The fourth-order valence-corrected chi connectivity index (χ4v) is 2.97. The lowest BCUT2D eigenvalue weighted by Gasteiger charge is -2.35. The summed E-state index contributed by atoms with van der Waals surface area (Å²) in [6.07, 6.45) is 5.69. The van der Waals surface area contributed by atoms with Crippen LogP contribution in [-0.4, -0.2) is 46.7 Å².